The number of ether oxygens (including phenoxy) is 1. The molecule has 1 unspecified atom stereocenters. The van der Waals surface area contributed by atoms with E-state index in [1.54, 1.807) is 0 Å². The smallest absolute Gasteiger partial charge is 0.381 e. The number of benzene rings is 1. The molecule has 4 nitrogen and oxygen atoms in total. The summed E-state index contributed by atoms with van der Waals surface area (Å²) in [6.45, 7) is 1.00. The van der Waals surface area contributed by atoms with Crippen LogP contribution in [0.2, 0.25) is 0 Å². The van der Waals surface area contributed by atoms with Crippen molar-refractivity contribution in [1.29, 1.82) is 0 Å². The lowest BCUT2D eigenvalue weighted by Gasteiger charge is -2.26. The van der Waals surface area contributed by atoms with Crippen molar-refractivity contribution in [2.24, 2.45) is 11.7 Å². The van der Waals surface area contributed by atoms with Gasteiger partial charge in [0, 0.05) is 18.9 Å². The van der Waals surface area contributed by atoms with Gasteiger partial charge in [-0.3, -0.25) is 4.79 Å². The Kier molecular flexibility index (Phi) is 5.02. The van der Waals surface area contributed by atoms with Crippen LogP contribution in [0.4, 0.5) is 23.2 Å². The molecule has 1 atom stereocenters. The number of carbonyl (C=O) groups excluding carboxylic acids is 1. The van der Waals surface area contributed by atoms with E-state index in [4.69, 9.17) is 10.5 Å². The van der Waals surface area contributed by atoms with Crippen molar-refractivity contribution >= 4 is 11.6 Å². The second-order valence-corrected chi connectivity index (χ2v) is 5.16. The maximum Gasteiger partial charge on any atom is 0.419 e. The van der Waals surface area contributed by atoms with E-state index in [9.17, 15) is 22.4 Å². The minimum atomic E-state index is -4.83. The molecule has 0 radical (unpaired) electrons. The highest BCUT2D eigenvalue weighted by Crippen LogP contribution is 2.33. The van der Waals surface area contributed by atoms with Crippen molar-refractivity contribution < 1.29 is 27.1 Å². The second-order valence-electron chi connectivity index (χ2n) is 5.16. The molecule has 3 N–H and O–H groups in total. The molecule has 8 heteroatoms. The van der Waals surface area contributed by atoms with E-state index in [-0.39, 0.29) is 11.6 Å². The van der Waals surface area contributed by atoms with Crippen LogP contribution in [0.15, 0.2) is 18.2 Å². The molecule has 1 amide bonds. The molecule has 0 bridgehead atoms. The number of nitrogens with one attached hydrogen (secondary N) is 1. The summed E-state index contributed by atoms with van der Waals surface area (Å²) in [6, 6.07) is 1.45. The molecule has 1 saturated heterocycles. The van der Waals surface area contributed by atoms with Crippen molar-refractivity contribution in [2.75, 3.05) is 18.5 Å². The number of rotatable bonds is 3. The lowest BCUT2D eigenvalue weighted by atomic mass is 9.92. The number of hydrogen-bond donors (Lipinski definition) is 2. The Hall–Kier alpha value is -1.67. The fourth-order valence-electron chi connectivity index (χ4n) is 2.33. The van der Waals surface area contributed by atoms with E-state index in [2.05, 4.69) is 5.32 Å². The maximum atomic E-state index is 13.2. The molecule has 0 aliphatic carbocycles. The Labute approximate surface area is 124 Å². The quantitative estimate of drug-likeness (QED) is 0.841. The topological polar surface area (TPSA) is 64.4 Å². The summed E-state index contributed by atoms with van der Waals surface area (Å²) in [4.78, 5) is 12.0. The normalized spacial score (nSPS) is 18.0. The van der Waals surface area contributed by atoms with Crippen LogP contribution < -0.4 is 11.1 Å². The third kappa shape index (κ3) is 3.95. The zero-order valence-electron chi connectivity index (χ0n) is 11.6. The molecule has 1 aliphatic rings. The molecule has 122 valence electrons. The first-order chi connectivity index (χ1) is 10.3. The van der Waals surface area contributed by atoms with E-state index in [0.29, 0.717) is 38.2 Å². The Balaban J connectivity index is 2.08. The van der Waals surface area contributed by atoms with Crippen LogP contribution in [-0.2, 0) is 15.7 Å². The molecule has 0 aromatic heterocycles. The van der Waals surface area contributed by atoms with E-state index in [1.807, 2.05) is 0 Å². The van der Waals surface area contributed by atoms with Gasteiger partial charge in [0.1, 0.15) is 5.82 Å². The number of carbonyl (C=O) groups is 1. The number of halogens is 4. The van der Waals surface area contributed by atoms with Crippen LogP contribution in [0.25, 0.3) is 0 Å². The molecule has 1 fully saturated rings. The van der Waals surface area contributed by atoms with Gasteiger partial charge in [-0.05, 0) is 37.0 Å². The van der Waals surface area contributed by atoms with E-state index in [1.165, 1.54) is 0 Å². The van der Waals surface area contributed by atoms with Crippen molar-refractivity contribution in [3.05, 3.63) is 29.6 Å². The number of nitrogens with two attached hydrogens (primary N) is 1. The standard InChI is InChI=1S/C14H16F4N2O2/c15-11-2-1-9(7-10(11)14(16,17)18)20-13(21)12(19)8-3-5-22-6-4-8/h1-2,7-8,12H,3-6,19H2,(H,20,21). The number of alkyl halides is 3. The molecule has 0 saturated carbocycles. The maximum absolute atomic E-state index is 13.2. The Morgan fingerprint density at radius 3 is 2.55 bits per heavy atom. The summed E-state index contributed by atoms with van der Waals surface area (Å²) in [5.41, 5.74) is 4.27. The lowest BCUT2D eigenvalue weighted by Crippen LogP contribution is -2.44. The third-order valence-corrected chi connectivity index (χ3v) is 3.62. The Morgan fingerprint density at radius 1 is 1.32 bits per heavy atom. The molecular weight excluding hydrogens is 304 g/mol. The summed E-state index contributed by atoms with van der Waals surface area (Å²) in [6.07, 6.45) is -3.59. The highest BCUT2D eigenvalue weighted by Gasteiger charge is 2.34. The first kappa shape index (κ1) is 16.7. The van der Waals surface area contributed by atoms with Gasteiger partial charge in [-0.25, -0.2) is 4.39 Å². The average molecular weight is 320 g/mol. The highest BCUT2D eigenvalue weighted by atomic mass is 19.4. The Bertz CT molecular complexity index is 542. The molecule has 22 heavy (non-hydrogen) atoms. The van der Waals surface area contributed by atoms with Crippen molar-refractivity contribution in [1.82, 2.24) is 0 Å². The van der Waals surface area contributed by atoms with Gasteiger partial charge >= 0.3 is 6.18 Å². The molecule has 1 heterocycles. The van der Waals surface area contributed by atoms with Crippen molar-refractivity contribution in [3.8, 4) is 0 Å². The minimum absolute atomic E-state index is 0.0868. The molecule has 2 rings (SSSR count). The van der Waals surface area contributed by atoms with Gasteiger partial charge in [0.25, 0.3) is 0 Å². The van der Waals surface area contributed by atoms with Gasteiger partial charge in [0.05, 0.1) is 11.6 Å². The summed E-state index contributed by atoms with van der Waals surface area (Å²) < 4.78 is 56.2. The summed E-state index contributed by atoms with van der Waals surface area (Å²) in [5, 5.41) is 2.31. The van der Waals surface area contributed by atoms with Crippen LogP contribution in [0, 0.1) is 11.7 Å². The summed E-state index contributed by atoms with van der Waals surface area (Å²) in [7, 11) is 0. The summed E-state index contributed by atoms with van der Waals surface area (Å²) in [5.74, 6) is -2.07. The number of anilines is 1. The first-order valence-corrected chi connectivity index (χ1v) is 6.80. The predicted molar refractivity (Wildman–Crippen MR) is 71.6 cm³/mol. The lowest BCUT2D eigenvalue weighted by molar-refractivity contribution is -0.140. The zero-order valence-corrected chi connectivity index (χ0v) is 11.6. The Morgan fingerprint density at radius 2 is 1.95 bits per heavy atom. The number of hydrogen-bond acceptors (Lipinski definition) is 3. The molecule has 1 aliphatic heterocycles. The largest absolute Gasteiger partial charge is 0.419 e. The van der Waals surface area contributed by atoms with Gasteiger partial charge in [-0.2, -0.15) is 13.2 Å². The van der Waals surface area contributed by atoms with Gasteiger partial charge in [0.15, 0.2) is 0 Å². The summed E-state index contributed by atoms with van der Waals surface area (Å²) >= 11 is 0. The first-order valence-electron chi connectivity index (χ1n) is 6.80. The van der Waals surface area contributed by atoms with Gasteiger partial charge in [-0.1, -0.05) is 0 Å². The van der Waals surface area contributed by atoms with Gasteiger partial charge in [0.2, 0.25) is 5.91 Å². The third-order valence-electron chi connectivity index (χ3n) is 3.62. The second kappa shape index (κ2) is 6.62. The highest BCUT2D eigenvalue weighted by molar-refractivity contribution is 5.95. The average Bonchev–Trinajstić information content (AvgIpc) is 2.48. The van der Waals surface area contributed by atoms with Gasteiger partial charge in [-0.15, -0.1) is 0 Å². The monoisotopic (exact) mass is 320 g/mol. The molecule has 0 spiro atoms. The predicted octanol–water partition coefficient (Wildman–Crippen LogP) is 2.54. The van der Waals surface area contributed by atoms with Crippen LogP contribution in [-0.4, -0.2) is 25.2 Å². The van der Waals surface area contributed by atoms with Crippen molar-refractivity contribution in [3.63, 3.8) is 0 Å². The molecular formula is C14H16F4N2O2. The molecule has 1 aromatic rings. The van der Waals surface area contributed by atoms with E-state index >= 15 is 0 Å². The van der Waals surface area contributed by atoms with Gasteiger partial charge < -0.3 is 15.8 Å². The van der Waals surface area contributed by atoms with Crippen LogP contribution in [0.3, 0.4) is 0 Å². The van der Waals surface area contributed by atoms with Crippen LogP contribution in [0.1, 0.15) is 18.4 Å². The fraction of sp³-hybridized carbons (Fsp3) is 0.500. The zero-order chi connectivity index (χ0) is 16.3. The van der Waals surface area contributed by atoms with Crippen molar-refractivity contribution in [2.45, 2.75) is 25.1 Å². The number of amides is 1. The van der Waals surface area contributed by atoms with Crippen LogP contribution in [0.5, 0.6) is 0 Å². The van der Waals surface area contributed by atoms with E-state index < -0.39 is 29.5 Å². The van der Waals surface area contributed by atoms with Crippen LogP contribution >= 0.6 is 0 Å². The SMILES string of the molecule is NC(C(=O)Nc1ccc(F)c(C(F)(F)F)c1)C1CCOCC1. The van der Waals surface area contributed by atoms with E-state index in [0.717, 1.165) is 6.07 Å². The molecule has 1 aromatic carbocycles. The fourth-order valence-corrected chi connectivity index (χ4v) is 2.33. The minimum Gasteiger partial charge on any atom is -0.381 e.